The van der Waals surface area contributed by atoms with E-state index >= 15 is 0 Å². The Morgan fingerprint density at radius 2 is 2.09 bits per heavy atom. The molecule has 1 unspecified atom stereocenters. The third kappa shape index (κ3) is 5.59. The van der Waals surface area contributed by atoms with Crippen LogP contribution < -0.4 is 5.32 Å². The largest absolute Gasteiger partial charge is 0.387 e. The number of halogens is 1. The highest BCUT2D eigenvalue weighted by Crippen LogP contribution is 2.22. The molecule has 1 aromatic carbocycles. The van der Waals surface area contributed by atoms with Crippen LogP contribution in [0.2, 0.25) is 0 Å². The topological polar surface area (TPSA) is 52.6 Å². The summed E-state index contributed by atoms with van der Waals surface area (Å²) in [6.45, 7) is 6.60. The van der Waals surface area contributed by atoms with E-state index in [1.807, 2.05) is 0 Å². The van der Waals surface area contributed by atoms with E-state index < -0.39 is 6.10 Å². The van der Waals surface area contributed by atoms with Crippen LogP contribution in [0, 0.1) is 11.7 Å². The quantitative estimate of drug-likeness (QED) is 0.846. The number of benzene rings is 1. The highest BCUT2D eigenvalue weighted by molar-refractivity contribution is 5.76. The number of nitrogens with zero attached hydrogens (tertiary/aromatic N) is 1. The number of hydrogen-bond acceptors (Lipinski definition) is 3. The number of aliphatic hydroxyl groups excluding tert-OH is 1. The van der Waals surface area contributed by atoms with Crippen molar-refractivity contribution < 1.29 is 14.3 Å². The summed E-state index contributed by atoms with van der Waals surface area (Å²) < 4.78 is 13.1. The second-order valence-electron chi connectivity index (χ2n) is 6.65. The first kappa shape index (κ1) is 17.9. The van der Waals surface area contributed by atoms with Crippen LogP contribution in [0.15, 0.2) is 24.3 Å². The second kappa shape index (κ2) is 8.41. The number of carbonyl (C=O) groups excluding carboxylic acids is 1. The average molecular weight is 322 g/mol. The number of hydrogen-bond donors (Lipinski definition) is 2. The van der Waals surface area contributed by atoms with Crippen molar-refractivity contribution in [3.05, 3.63) is 35.6 Å². The lowest BCUT2D eigenvalue weighted by molar-refractivity contribution is -0.122. The zero-order valence-electron chi connectivity index (χ0n) is 14.0. The normalized spacial score (nSPS) is 18.1. The molecule has 1 atom stereocenters. The second-order valence-corrected chi connectivity index (χ2v) is 6.65. The minimum absolute atomic E-state index is 0.0385. The van der Waals surface area contributed by atoms with E-state index in [-0.39, 0.29) is 18.3 Å². The lowest BCUT2D eigenvalue weighted by atomic mass is 9.92. The summed E-state index contributed by atoms with van der Waals surface area (Å²) in [6, 6.07) is 6.39. The van der Waals surface area contributed by atoms with Crippen molar-refractivity contribution in [3.8, 4) is 0 Å². The monoisotopic (exact) mass is 322 g/mol. The summed E-state index contributed by atoms with van der Waals surface area (Å²) in [6.07, 6.45) is 1.70. The van der Waals surface area contributed by atoms with Gasteiger partial charge in [0.05, 0.1) is 6.10 Å². The van der Waals surface area contributed by atoms with Gasteiger partial charge in [-0.2, -0.15) is 0 Å². The summed E-state index contributed by atoms with van der Waals surface area (Å²) in [5, 5.41) is 12.8. The molecule has 1 fully saturated rings. The summed E-state index contributed by atoms with van der Waals surface area (Å²) in [5.74, 6) is -0.00967. The molecule has 1 heterocycles. The van der Waals surface area contributed by atoms with E-state index in [1.54, 1.807) is 12.1 Å². The maximum atomic E-state index is 13.1. The average Bonchev–Trinajstić information content (AvgIpc) is 2.53. The van der Waals surface area contributed by atoms with Gasteiger partial charge in [-0.3, -0.25) is 4.79 Å². The van der Waals surface area contributed by atoms with E-state index in [4.69, 9.17) is 0 Å². The molecule has 1 aliphatic heterocycles. The minimum atomic E-state index is -0.877. The van der Waals surface area contributed by atoms with Gasteiger partial charge in [-0.1, -0.05) is 12.1 Å². The van der Waals surface area contributed by atoms with Crippen LogP contribution >= 0.6 is 0 Å². The molecule has 2 rings (SSSR count). The minimum Gasteiger partial charge on any atom is -0.387 e. The molecule has 5 heteroatoms. The summed E-state index contributed by atoms with van der Waals surface area (Å²) in [7, 11) is 0. The van der Waals surface area contributed by atoms with E-state index in [0.717, 1.165) is 25.9 Å². The van der Waals surface area contributed by atoms with Crippen molar-refractivity contribution in [1.82, 2.24) is 10.2 Å². The van der Waals surface area contributed by atoms with Crippen LogP contribution in [-0.2, 0) is 4.79 Å². The Hall–Kier alpha value is -1.46. The molecule has 1 saturated heterocycles. The third-order valence-corrected chi connectivity index (χ3v) is 4.58. The van der Waals surface area contributed by atoms with Gasteiger partial charge in [-0.05, 0) is 63.4 Å². The van der Waals surface area contributed by atoms with Gasteiger partial charge in [0.25, 0.3) is 0 Å². The first-order valence-corrected chi connectivity index (χ1v) is 8.40. The highest BCUT2D eigenvalue weighted by atomic mass is 19.1. The Morgan fingerprint density at radius 3 is 2.70 bits per heavy atom. The van der Waals surface area contributed by atoms with Crippen molar-refractivity contribution in [1.29, 1.82) is 0 Å². The lowest BCUT2D eigenvalue weighted by Gasteiger charge is -2.34. The molecule has 0 radical (unpaired) electrons. The predicted molar refractivity (Wildman–Crippen MR) is 88.4 cm³/mol. The van der Waals surface area contributed by atoms with Gasteiger partial charge in [0, 0.05) is 19.0 Å². The van der Waals surface area contributed by atoms with Crippen molar-refractivity contribution in [3.63, 3.8) is 0 Å². The fourth-order valence-electron chi connectivity index (χ4n) is 3.05. The smallest absolute Gasteiger partial charge is 0.220 e. The number of carbonyl (C=O) groups is 1. The Bertz CT molecular complexity index is 513. The lowest BCUT2D eigenvalue weighted by Crippen LogP contribution is -2.40. The SMILES string of the molecule is CC(C)N1CCC(CC(=O)NCC(O)c2cccc(F)c2)CC1. The van der Waals surface area contributed by atoms with E-state index in [2.05, 4.69) is 24.1 Å². The van der Waals surface area contributed by atoms with Crippen molar-refractivity contribution in [2.75, 3.05) is 19.6 Å². The number of rotatable bonds is 6. The van der Waals surface area contributed by atoms with Gasteiger partial charge >= 0.3 is 0 Å². The first-order chi connectivity index (χ1) is 11.0. The number of likely N-dealkylation sites (tertiary alicyclic amines) is 1. The third-order valence-electron chi connectivity index (χ3n) is 4.58. The maximum absolute atomic E-state index is 13.1. The molecule has 2 N–H and O–H groups in total. The summed E-state index contributed by atoms with van der Waals surface area (Å²) in [4.78, 5) is 14.5. The van der Waals surface area contributed by atoms with E-state index in [0.29, 0.717) is 23.9 Å². The molecule has 1 amide bonds. The molecular weight excluding hydrogens is 295 g/mol. The van der Waals surface area contributed by atoms with E-state index in [9.17, 15) is 14.3 Å². The highest BCUT2D eigenvalue weighted by Gasteiger charge is 2.23. The molecule has 0 aliphatic carbocycles. The fraction of sp³-hybridized carbons (Fsp3) is 0.611. The van der Waals surface area contributed by atoms with Crippen molar-refractivity contribution in [2.24, 2.45) is 5.92 Å². The van der Waals surface area contributed by atoms with E-state index in [1.165, 1.54) is 12.1 Å². The molecule has 128 valence electrons. The van der Waals surface area contributed by atoms with Crippen molar-refractivity contribution in [2.45, 2.75) is 45.3 Å². The Kier molecular flexibility index (Phi) is 6.54. The molecule has 23 heavy (non-hydrogen) atoms. The number of nitrogens with one attached hydrogen (secondary N) is 1. The fourth-order valence-corrected chi connectivity index (χ4v) is 3.05. The van der Waals surface area contributed by atoms with Gasteiger partial charge in [0.2, 0.25) is 5.91 Å². The summed E-state index contributed by atoms with van der Waals surface area (Å²) in [5.41, 5.74) is 0.482. The molecule has 0 aromatic heterocycles. The van der Waals surface area contributed by atoms with Crippen LogP contribution in [0.5, 0.6) is 0 Å². The Morgan fingerprint density at radius 1 is 1.39 bits per heavy atom. The maximum Gasteiger partial charge on any atom is 0.220 e. The standard InChI is InChI=1S/C18H27FN2O2/c1-13(2)21-8-6-14(7-9-21)10-18(23)20-12-17(22)15-4-3-5-16(19)11-15/h3-5,11,13-14,17,22H,6-10,12H2,1-2H3,(H,20,23). The number of aliphatic hydroxyl groups is 1. The van der Waals surface area contributed by atoms with Crippen LogP contribution in [-0.4, -0.2) is 41.6 Å². The summed E-state index contributed by atoms with van der Waals surface area (Å²) >= 11 is 0. The van der Waals surface area contributed by atoms with Crippen LogP contribution in [0.4, 0.5) is 4.39 Å². The number of piperidine rings is 1. The molecule has 4 nitrogen and oxygen atoms in total. The van der Waals surface area contributed by atoms with Crippen LogP contribution in [0.1, 0.15) is 44.8 Å². The van der Waals surface area contributed by atoms with Crippen molar-refractivity contribution >= 4 is 5.91 Å². The van der Waals surface area contributed by atoms with Gasteiger partial charge in [-0.15, -0.1) is 0 Å². The van der Waals surface area contributed by atoms with Gasteiger partial charge in [0.15, 0.2) is 0 Å². The molecule has 0 saturated carbocycles. The first-order valence-electron chi connectivity index (χ1n) is 8.40. The predicted octanol–water partition coefficient (Wildman–Crippen LogP) is 2.49. The molecule has 0 spiro atoms. The number of amides is 1. The molecule has 0 bridgehead atoms. The molecule has 1 aromatic rings. The Balaban J connectivity index is 1.71. The van der Waals surface area contributed by atoms with Gasteiger partial charge in [-0.25, -0.2) is 4.39 Å². The van der Waals surface area contributed by atoms with Crippen LogP contribution in [0.3, 0.4) is 0 Å². The van der Waals surface area contributed by atoms with Gasteiger partial charge in [0.1, 0.15) is 5.82 Å². The van der Waals surface area contributed by atoms with Crippen LogP contribution in [0.25, 0.3) is 0 Å². The molecular formula is C18H27FN2O2. The Labute approximate surface area is 137 Å². The molecule has 1 aliphatic rings. The zero-order chi connectivity index (χ0) is 16.8. The van der Waals surface area contributed by atoms with Gasteiger partial charge < -0.3 is 15.3 Å². The zero-order valence-corrected chi connectivity index (χ0v) is 14.0.